The Kier molecular flexibility index (Phi) is 10.0. The van der Waals surface area contributed by atoms with Crippen molar-refractivity contribution in [3.63, 3.8) is 0 Å². The molecule has 188 valence electrons. The lowest BCUT2D eigenvalue weighted by atomic mass is 9.94. The SMILES string of the molecule is COCC(CC(=O)O)c1cc(F)c(N(CC(C)C)CC(C)C)c(NC(=O)Cc2cc(C)on2)c1. The van der Waals surface area contributed by atoms with E-state index in [2.05, 4.69) is 10.5 Å². The maximum absolute atomic E-state index is 15.7. The Morgan fingerprint density at radius 1 is 1.18 bits per heavy atom. The van der Waals surface area contributed by atoms with Crippen LogP contribution < -0.4 is 10.2 Å². The summed E-state index contributed by atoms with van der Waals surface area (Å²) in [5, 5.41) is 16.0. The zero-order chi connectivity index (χ0) is 25.4. The molecule has 1 aromatic carbocycles. The molecule has 34 heavy (non-hydrogen) atoms. The number of aromatic nitrogens is 1. The second-order valence-electron chi connectivity index (χ2n) is 9.50. The largest absolute Gasteiger partial charge is 0.481 e. The van der Waals surface area contributed by atoms with Gasteiger partial charge in [0.1, 0.15) is 11.6 Å². The summed E-state index contributed by atoms with van der Waals surface area (Å²) in [5.41, 5.74) is 1.51. The lowest BCUT2D eigenvalue weighted by Crippen LogP contribution is -2.33. The number of rotatable bonds is 13. The first-order valence-electron chi connectivity index (χ1n) is 11.5. The standard InChI is InChI=1S/C25H36FN3O5/c1-15(2)12-29(13-16(3)4)25-21(26)8-18(19(14-33-6)10-24(31)32)9-22(25)27-23(30)11-20-7-17(5)34-28-20/h7-9,15-16,19H,10-14H2,1-6H3,(H,27,30)(H,31,32). The van der Waals surface area contributed by atoms with Crippen molar-refractivity contribution in [3.8, 4) is 0 Å². The molecule has 0 saturated carbocycles. The number of carbonyl (C=O) groups is 2. The Hall–Kier alpha value is -2.94. The maximum Gasteiger partial charge on any atom is 0.304 e. The number of halogens is 1. The Morgan fingerprint density at radius 2 is 1.82 bits per heavy atom. The van der Waals surface area contributed by atoms with Gasteiger partial charge in [-0.15, -0.1) is 0 Å². The number of nitrogens with zero attached hydrogens (tertiary/aromatic N) is 2. The zero-order valence-electron chi connectivity index (χ0n) is 20.9. The van der Waals surface area contributed by atoms with E-state index in [-0.39, 0.29) is 37.2 Å². The van der Waals surface area contributed by atoms with Gasteiger partial charge in [-0.3, -0.25) is 9.59 Å². The Bertz CT molecular complexity index is 963. The topological polar surface area (TPSA) is 105 Å². The highest BCUT2D eigenvalue weighted by molar-refractivity contribution is 5.95. The second kappa shape index (κ2) is 12.5. The van der Waals surface area contributed by atoms with Gasteiger partial charge < -0.3 is 24.6 Å². The monoisotopic (exact) mass is 477 g/mol. The van der Waals surface area contributed by atoms with Crippen LogP contribution in [-0.4, -0.2) is 48.9 Å². The minimum absolute atomic E-state index is 0.0341. The minimum Gasteiger partial charge on any atom is -0.481 e. The van der Waals surface area contributed by atoms with Crippen LogP contribution in [0.1, 0.15) is 57.1 Å². The highest BCUT2D eigenvalue weighted by atomic mass is 19.1. The molecule has 0 radical (unpaired) electrons. The number of carboxylic acid groups (broad SMARTS) is 1. The molecule has 1 heterocycles. The normalized spacial score (nSPS) is 12.3. The van der Waals surface area contributed by atoms with Crippen LogP contribution in [0.4, 0.5) is 15.8 Å². The lowest BCUT2D eigenvalue weighted by Gasteiger charge is -2.31. The highest BCUT2D eigenvalue weighted by Gasteiger charge is 2.25. The van der Waals surface area contributed by atoms with E-state index in [1.165, 1.54) is 13.2 Å². The molecule has 0 spiro atoms. The number of hydrogen-bond acceptors (Lipinski definition) is 6. The van der Waals surface area contributed by atoms with Gasteiger partial charge in [0.15, 0.2) is 0 Å². The van der Waals surface area contributed by atoms with Gasteiger partial charge in [0.05, 0.1) is 36.5 Å². The molecule has 0 aliphatic heterocycles. The van der Waals surface area contributed by atoms with Crippen molar-refractivity contribution in [1.29, 1.82) is 0 Å². The fraction of sp³-hybridized carbons (Fsp3) is 0.560. The number of ether oxygens (including phenoxy) is 1. The minimum atomic E-state index is -1.01. The molecule has 1 amide bonds. The summed E-state index contributed by atoms with van der Waals surface area (Å²) in [6, 6.07) is 4.68. The fourth-order valence-corrected chi connectivity index (χ4v) is 3.96. The van der Waals surface area contributed by atoms with Crippen LogP contribution in [0.5, 0.6) is 0 Å². The Balaban J connectivity index is 2.52. The molecule has 0 bridgehead atoms. The Labute approximate surface area is 200 Å². The van der Waals surface area contributed by atoms with Crippen LogP contribution in [0.3, 0.4) is 0 Å². The van der Waals surface area contributed by atoms with Crippen molar-refractivity contribution >= 4 is 23.3 Å². The van der Waals surface area contributed by atoms with E-state index in [0.717, 1.165) is 0 Å². The first kappa shape index (κ1) is 27.3. The molecule has 0 aliphatic carbocycles. The van der Waals surface area contributed by atoms with Gasteiger partial charge in [-0.1, -0.05) is 32.9 Å². The van der Waals surface area contributed by atoms with Gasteiger partial charge in [0.25, 0.3) is 0 Å². The molecule has 0 aliphatic rings. The number of carbonyl (C=O) groups excluding carboxylic acids is 1. The molecule has 2 N–H and O–H groups in total. The number of benzene rings is 1. The second-order valence-corrected chi connectivity index (χ2v) is 9.50. The third kappa shape index (κ3) is 8.13. The van der Waals surface area contributed by atoms with E-state index < -0.39 is 17.7 Å². The van der Waals surface area contributed by atoms with Crippen LogP contribution in [0, 0.1) is 24.6 Å². The van der Waals surface area contributed by atoms with Crippen LogP contribution >= 0.6 is 0 Å². The summed E-state index contributed by atoms with van der Waals surface area (Å²) in [6.45, 7) is 11.2. The van der Waals surface area contributed by atoms with Gasteiger partial charge >= 0.3 is 5.97 Å². The van der Waals surface area contributed by atoms with E-state index in [1.54, 1.807) is 19.1 Å². The smallest absolute Gasteiger partial charge is 0.304 e. The molecule has 0 saturated heterocycles. The van der Waals surface area contributed by atoms with Crippen molar-refractivity contribution < 1.29 is 28.3 Å². The first-order valence-corrected chi connectivity index (χ1v) is 11.5. The average Bonchev–Trinajstić information content (AvgIpc) is 3.10. The van der Waals surface area contributed by atoms with Crippen molar-refractivity contribution in [3.05, 3.63) is 41.0 Å². The number of amides is 1. The number of carboxylic acids is 1. The van der Waals surface area contributed by atoms with E-state index >= 15 is 4.39 Å². The molecule has 2 rings (SSSR count). The van der Waals surface area contributed by atoms with Gasteiger partial charge in [0.2, 0.25) is 5.91 Å². The van der Waals surface area contributed by atoms with E-state index in [9.17, 15) is 14.7 Å². The maximum atomic E-state index is 15.7. The van der Waals surface area contributed by atoms with Crippen LogP contribution in [0.15, 0.2) is 22.7 Å². The van der Waals surface area contributed by atoms with Crippen LogP contribution in [0.25, 0.3) is 0 Å². The van der Waals surface area contributed by atoms with Crippen molar-refractivity contribution in [2.75, 3.05) is 37.0 Å². The van der Waals surface area contributed by atoms with Gasteiger partial charge in [-0.25, -0.2) is 4.39 Å². The summed E-state index contributed by atoms with van der Waals surface area (Å²) in [4.78, 5) is 26.2. The summed E-state index contributed by atoms with van der Waals surface area (Å²) < 4.78 is 25.9. The van der Waals surface area contributed by atoms with Gasteiger partial charge in [0, 0.05) is 32.2 Å². The molecule has 8 nitrogen and oxygen atoms in total. The average molecular weight is 478 g/mol. The lowest BCUT2D eigenvalue weighted by molar-refractivity contribution is -0.137. The van der Waals surface area contributed by atoms with Crippen LogP contribution in [-0.2, 0) is 20.7 Å². The van der Waals surface area contributed by atoms with Crippen molar-refractivity contribution in [1.82, 2.24) is 5.16 Å². The third-order valence-electron chi connectivity index (χ3n) is 5.13. The van der Waals surface area contributed by atoms with Gasteiger partial charge in [-0.05, 0) is 36.5 Å². The van der Waals surface area contributed by atoms with E-state index in [4.69, 9.17) is 9.26 Å². The summed E-state index contributed by atoms with van der Waals surface area (Å²) in [7, 11) is 1.47. The third-order valence-corrected chi connectivity index (χ3v) is 5.13. The molecular formula is C25H36FN3O5. The van der Waals surface area contributed by atoms with Crippen LogP contribution in [0.2, 0.25) is 0 Å². The number of anilines is 2. The number of aryl methyl sites for hydroxylation is 1. The number of aliphatic carboxylic acids is 1. The predicted molar refractivity (Wildman–Crippen MR) is 129 cm³/mol. The highest BCUT2D eigenvalue weighted by Crippen LogP contribution is 2.35. The van der Waals surface area contributed by atoms with Gasteiger partial charge in [-0.2, -0.15) is 0 Å². The number of hydrogen-bond donors (Lipinski definition) is 2. The van der Waals surface area contributed by atoms with Crippen molar-refractivity contribution in [2.45, 2.75) is 53.4 Å². The first-order chi connectivity index (χ1) is 16.0. The predicted octanol–water partition coefficient (Wildman–Crippen LogP) is 4.63. The fourth-order valence-electron chi connectivity index (χ4n) is 3.96. The number of methoxy groups -OCH3 is 1. The molecular weight excluding hydrogens is 441 g/mol. The van der Waals surface area contributed by atoms with E-state index in [1.807, 2.05) is 32.6 Å². The quantitative estimate of drug-likeness (QED) is 0.433. The number of nitrogens with one attached hydrogen (secondary N) is 1. The molecule has 2 aromatic rings. The molecule has 1 aromatic heterocycles. The summed E-state index contributed by atoms with van der Waals surface area (Å²) >= 11 is 0. The van der Waals surface area contributed by atoms with E-state index in [0.29, 0.717) is 41.5 Å². The molecule has 9 heteroatoms. The summed E-state index contributed by atoms with van der Waals surface area (Å²) in [5.74, 6) is -1.36. The summed E-state index contributed by atoms with van der Waals surface area (Å²) in [6.07, 6.45) is -0.256. The molecule has 1 unspecified atom stereocenters. The molecule has 1 atom stereocenters. The van der Waals surface area contributed by atoms with Crippen molar-refractivity contribution in [2.24, 2.45) is 11.8 Å². The zero-order valence-corrected chi connectivity index (χ0v) is 20.9. The molecule has 0 fully saturated rings. The Morgan fingerprint density at radius 3 is 2.32 bits per heavy atom.